The third-order valence-electron chi connectivity index (χ3n) is 3.55. The van der Waals surface area contributed by atoms with E-state index in [0.717, 1.165) is 17.7 Å². The molecule has 3 heteroatoms. The number of nitrogen functional groups attached to an aromatic ring is 1. The molecule has 0 saturated heterocycles. The summed E-state index contributed by atoms with van der Waals surface area (Å²) in [4.78, 5) is 11.1. The summed E-state index contributed by atoms with van der Waals surface area (Å²) in [5, 5.41) is 0. The maximum atomic E-state index is 11.1. The zero-order chi connectivity index (χ0) is 14.1. The highest BCUT2D eigenvalue weighted by molar-refractivity contribution is 5.88. The fourth-order valence-corrected chi connectivity index (χ4v) is 2.56. The molecule has 0 heterocycles. The number of fused-ring (bicyclic) bond motifs is 3. The van der Waals surface area contributed by atoms with Crippen molar-refractivity contribution < 1.29 is 9.53 Å². The van der Waals surface area contributed by atoms with Gasteiger partial charge in [-0.05, 0) is 58.5 Å². The highest BCUT2D eigenvalue weighted by Gasteiger charge is 2.18. The number of carbonyl (C=O) groups is 1. The summed E-state index contributed by atoms with van der Waals surface area (Å²) >= 11 is 0. The average Bonchev–Trinajstić information content (AvgIpc) is 2.81. The van der Waals surface area contributed by atoms with E-state index in [0.29, 0.717) is 0 Å². The van der Waals surface area contributed by atoms with Gasteiger partial charge < -0.3 is 10.5 Å². The lowest BCUT2D eigenvalue weighted by atomic mass is 10.0. The number of hydrogen-bond acceptors (Lipinski definition) is 3. The molecule has 0 amide bonds. The Kier molecular flexibility index (Phi) is 3.03. The predicted molar refractivity (Wildman–Crippen MR) is 80.1 cm³/mol. The van der Waals surface area contributed by atoms with Crippen molar-refractivity contribution in [1.82, 2.24) is 0 Å². The largest absolute Gasteiger partial charge is 0.466 e. The van der Waals surface area contributed by atoms with E-state index in [9.17, 15) is 4.79 Å². The molecule has 0 fully saturated rings. The lowest BCUT2D eigenvalue weighted by molar-refractivity contribution is -0.134. The maximum absolute atomic E-state index is 11.1. The minimum absolute atomic E-state index is 0.348. The number of hydrogen-bond donors (Lipinski definition) is 1. The summed E-state index contributed by atoms with van der Waals surface area (Å²) in [6.45, 7) is 0. The van der Waals surface area contributed by atoms with Crippen LogP contribution in [0.25, 0.3) is 17.2 Å². The summed E-state index contributed by atoms with van der Waals surface area (Å²) in [6, 6.07) is 12.2. The number of benzene rings is 2. The van der Waals surface area contributed by atoms with Crippen LogP contribution in [0.4, 0.5) is 5.69 Å². The lowest BCUT2D eigenvalue weighted by Crippen LogP contribution is -1.93. The zero-order valence-corrected chi connectivity index (χ0v) is 11.2. The van der Waals surface area contributed by atoms with E-state index in [1.165, 1.54) is 35.4 Å². The molecule has 2 aromatic carbocycles. The van der Waals surface area contributed by atoms with Gasteiger partial charge in [-0.15, -0.1) is 0 Å². The summed E-state index contributed by atoms with van der Waals surface area (Å²) in [6.07, 6.45) is 4.11. The Balaban J connectivity index is 1.98. The molecule has 0 radical (unpaired) electrons. The zero-order valence-electron chi connectivity index (χ0n) is 11.2. The van der Waals surface area contributed by atoms with Crippen LogP contribution in [0, 0.1) is 0 Å². The molecule has 100 valence electrons. The van der Waals surface area contributed by atoms with Crippen LogP contribution in [-0.4, -0.2) is 13.1 Å². The van der Waals surface area contributed by atoms with E-state index in [1.807, 2.05) is 18.2 Å². The van der Waals surface area contributed by atoms with Crippen LogP contribution in [0.5, 0.6) is 0 Å². The molecule has 3 rings (SSSR count). The number of ether oxygens (including phenoxy) is 1. The number of carbonyl (C=O) groups excluding carboxylic acids is 1. The number of methoxy groups -OCH3 is 1. The first kappa shape index (κ1) is 12.5. The Morgan fingerprint density at radius 3 is 2.80 bits per heavy atom. The van der Waals surface area contributed by atoms with Crippen molar-refractivity contribution >= 4 is 17.7 Å². The molecule has 0 aliphatic heterocycles. The highest BCUT2D eigenvalue weighted by Crippen LogP contribution is 2.38. The van der Waals surface area contributed by atoms with Crippen LogP contribution < -0.4 is 5.73 Å². The predicted octanol–water partition coefficient (Wildman–Crippen LogP) is 3.03. The summed E-state index contributed by atoms with van der Waals surface area (Å²) in [7, 11) is 1.37. The van der Waals surface area contributed by atoms with Crippen molar-refractivity contribution in [2.45, 2.75) is 6.42 Å². The Hall–Kier alpha value is -2.55. The van der Waals surface area contributed by atoms with Crippen LogP contribution in [0.15, 0.2) is 42.5 Å². The molecule has 0 spiro atoms. The van der Waals surface area contributed by atoms with Gasteiger partial charge in [0.1, 0.15) is 0 Å². The van der Waals surface area contributed by atoms with Crippen molar-refractivity contribution in [3.63, 3.8) is 0 Å². The Bertz CT molecular complexity index is 717. The first-order valence-corrected chi connectivity index (χ1v) is 6.45. The van der Waals surface area contributed by atoms with Gasteiger partial charge in [-0.2, -0.15) is 0 Å². The normalized spacial score (nSPS) is 12.2. The quantitative estimate of drug-likeness (QED) is 0.440. The van der Waals surface area contributed by atoms with Gasteiger partial charge in [-0.3, -0.25) is 0 Å². The molecule has 0 aromatic heterocycles. The molecule has 0 bridgehead atoms. The van der Waals surface area contributed by atoms with Gasteiger partial charge in [0.25, 0.3) is 0 Å². The Labute approximate surface area is 117 Å². The van der Waals surface area contributed by atoms with E-state index < -0.39 is 0 Å². The molecule has 20 heavy (non-hydrogen) atoms. The molecule has 1 aliphatic carbocycles. The molecule has 0 saturated carbocycles. The minimum Gasteiger partial charge on any atom is -0.466 e. The molecule has 0 unspecified atom stereocenters. The van der Waals surface area contributed by atoms with Crippen molar-refractivity contribution in [2.75, 3.05) is 12.8 Å². The molecular formula is C17H15NO2. The van der Waals surface area contributed by atoms with Crippen molar-refractivity contribution in [1.29, 1.82) is 0 Å². The third-order valence-corrected chi connectivity index (χ3v) is 3.55. The van der Waals surface area contributed by atoms with Crippen LogP contribution in [0.3, 0.4) is 0 Å². The maximum Gasteiger partial charge on any atom is 0.330 e. The number of esters is 1. The van der Waals surface area contributed by atoms with Gasteiger partial charge in [0.05, 0.1) is 7.11 Å². The minimum atomic E-state index is -0.348. The standard InChI is InChI=1S/C17H15NO2/c1-20-17(19)7-3-11-2-4-12-9-13-10-14(18)5-6-15(13)16(12)8-11/h2-8,10H,9,18H2,1H3. The monoisotopic (exact) mass is 265 g/mol. The van der Waals surface area contributed by atoms with Crippen LogP contribution in [0.1, 0.15) is 16.7 Å². The van der Waals surface area contributed by atoms with E-state index >= 15 is 0 Å². The highest BCUT2D eigenvalue weighted by atomic mass is 16.5. The number of rotatable bonds is 2. The second-order valence-corrected chi connectivity index (χ2v) is 4.87. The molecule has 1 aliphatic rings. The summed E-state index contributed by atoms with van der Waals surface area (Å²) in [5.74, 6) is -0.348. The summed E-state index contributed by atoms with van der Waals surface area (Å²) in [5.41, 5.74) is 12.6. The third kappa shape index (κ3) is 2.18. The SMILES string of the molecule is COC(=O)C=Cc1ccc2c(c1)-c1ccc(N)cc1C2. The van der Waals surface area contributed by atoms with Gasteiger partial charge in [-0.25, -0.2) is 4.79 Å². The van der Waals surface area contributed by atoms with E-state index in [4.69, 9.17) is 5.73 Å². The van der Waals surface area contributed by atoms with Crippen molar-refractivity contribution in [2.24, 2.45) is 0 Å². The number of anilines is 1. The van der Waals surface area contributed by atoms with Gasteiger partial charge in [-0.1, -0.05) is 18.2 Å². The van der Waals surface area contributed by atoms with E-state index in [2.05, 4.69) is 22.9 Å². The smallest absolute Gasteiger partial charge is 0.330 e. The fraction of sp³-hybridized carbons (Fsp3) is 0.118. The molecular weight excluding hydrogens is 250 g/mol. The first-order valence-electron chi connectivity index (χ1n) is 6.45. The fourth-order valence-electron chi connectivity index (χ4n) is 2.56. The van der Waals surface area contributed by atoms with Crippen molar-refractivity contribution in [3.8, 4) is 11.1 Å². The molecule has 2 N–H and O–H groups in total. The van der Waals surface area contributed by atoms with E-state index in [1.54, 1.807) is 6.08 Å². The van der Waals surface area contributed by atoms with Crippen molar-refractivity contribution in [3.05, 3.63) is 59.2 Å². The van der Waals surface area contributed by atoms with Gasteiger partial charge in [0.15, 0.2) is 0 Å². The van der Waals surface area contributed by atoms with Crippen LogP contribution in [0.2, 0.25) is 0 Å². The first-order chi connectivity index (χ1) is 9.67. The average molecular weight is 265 g/mol. The summed E-state index contributed by atoms with van der Waals surface area (Å²) < 4.78 is 4.59. The Morgan fingerprint density at radius 1 is 1.15 bits per heavy atom. The van der Waals surface area contributed by atoms with Crippen LogP contribution >= 0.6 is 0 Å². The van der Waals surface area contributed by atoms with E-state index in [-0.39, 0.29) is 5.97 Å². The second kappa shape index (κ2) is 4.85. The molecule has 2 aromatic rings. The second-order valence-electron chi connectivity index (χ2n) is 4.87. The lowest BCUT2D eigenvalue weighted by Gasteiger charge is -2.03. The number of nitrogens with two attached hydrogens (primary N) is 1. The topological polar surface area (TPSA) is 52.3 Å². The van der Waals surface area contributed by atoms with Gasteiger partial charge in [0, 0.05) is 11.8 Å². The molecule has 3 nitrogen and oxygen atoms in total. The van der Waals surface area contributed by atoms with Crippen LogP contribution in [-0.2, 0) is 16.0 Å². The Morgan fingerprint density at radius 2 is 2.00 bits per heavy atom. The van der Waals surface area contributed by atoms with Gasteiger partial charge >= 0.3 is 5.97 Å². The van der Waals surface area contributed by atoms with Gasteiger partial charge in [0.2, 0.25) is 0 Å². The molecule has 0 atom stereocenters.